The average Bonchev–Trinajstić information content (AvgIpc) is 2.25. The van der Waals surface area contributed by atoms with Crippen LogP contribution in [0.4, 0.5) is 0 Å². The van der Waals surface area contributed by atoms with E-state index in [4.69, 9.17) is 0 Å². The first-order valence-electron chi connectivity index (χ1n) is 6.44. The second-order valence-corrected chi connectivity index (χ2v) is 5.20. The zero-order valence-electron chi connectivity index (χ0n) is 10.9. The molecule has 0 radical (unpaired) electrons. The molecule has 1 saturated carbocycles. The van der Waals surface area contributed by atoms with Gasteiger partial charge in [-0.25, -0.2) is 0 Å². The fraction of sp³-hybridized carbons (Fsp3) is 0.643. The molecule has 1 aliphatic carbocycles. The van der Waals surface area contributed by atoms with Crippen LogP contribution >= 0.6 is 0 Å². The van der Waals surface area contributed by atoms with E-state index >= 15 is 0 Å². The smallest absolute Gasteiger partial charge is 0.165 e. The Hall–Kier alpha value is -1.09. The van der Waals surface area contributed by atoms with Crippen LogP contribution in [-0.4, -0.2) is 42.3 Å². The number of aldehydes is 1. The first-order chi connectivity index (χ1) is 8.13. The Balaban J connectivity index is 2.03. The van der Waals surface area contributed by atoms with E-state index in [-0.39, 0.29) is 0 Å². The molecule has 0 N–H and O–H groups in total. The Morgan fingerprint density at radius 2 is 2.24 bits per heavy atom. The van der Waals surface area contributed by atoms with Crippen molar-refractivity contribution in [2.45, 2.75) is 38.6 Å². The van der Waals surface area contributed by atoms with E-state index in [0.717, 1.165) is 31.8 Å². The van der Waals surface area contributed by atoms with Crippen LogP contribution in [0.15, 0.2) is 23.5 Å². The van der Waals surface area contributed by atoms with Gasteiger partial charge in [0.15, 0.2) is 6.29 Å². The summed E-state index contributed by atoms with van der Waals surface area (Å²) >= 11 is 0. The van der Waals surface area contributed by atoms with Gasteiger partial charge < -0.3 is 4.90 Å². The van der Waals surface area contributed by atoms with E-state index in [1.54, 1.807) is 0 Å². The fourth-order valence-corrected chi connectivity index (χ4v) is 2.71. The number of carbonyl (C=O) groups is 1. The number of nitrogens with zero attached hydrogens (tertiary/aromatic N) is 2. The van der Waals surface area contributed by atoms with E-state index in [1.165, 1.54) is 30.5 Å². The zero-order chi connectivity index (χ0) is 12.4. The molecule has 2 aliphatic rings. The van der Waals surface area contributed by atoms with Crippen molar-refractivity contribution in [2.75, 3.05) is 20.1 Å². The van der Waals surface area contributed by atoms with Crippen LogP contribution in [0.2, 0.25) is 0 Å². The van der Waals surface area contributed by atoms with Crippen molar-refractivity contribution in [2.24, 2.45) is 0 Å². The van der Waals surface area contributed by atoms with Crippen molar-refractivity contribution in [1.29, 1.82) is 0 Å². The molecule has 94 valence electrons. The van der Waals surface area contributed by atoms with Gasteiger partial charge in [-0.05, 0) is 25.3 Å². The molecule has 1 heterocycles. The highest BCUT2D eigenvalue weighted by molar-refractivity contribution is 5.71. The number of rotatable bonds is 4. The molecule has 3 heteroatoms. The van der Waals surface area contributed by atoms with E-state index in [0.29, 0.717) is 5.70 Å². The van der Waals surface area contributed by atoms with Crippen LogP contribution in [0.5, 0.6) is 0 Å². The maximum absolute atomic E-state index is 10.7. The molecule has 2 rings (SSSR count). The third kappa shape index (κ3) is 2.44. The monoisotopic (exact) mass is 234 g/mol. The quantitative estimate of drug-likeness (QED) is 0.550. The minimum atomic E-state index is 0.552. The van der Waals surface area contributed by atoms with Crippen LogP contribution < -0.4 is 0 Å². The van der Waals surface area contributed by atoms with Gasteiger partial charge in [0.2, 0.25) is 0 Å². The highest BCUT2D eigenvalue weighted by Crippen LogP contribution is 2.30. The van der Waals surface area contributed by atoms with E-state index in [1.807, 2.05) is 11.9 Å². The first kappa shape index (κ1) is 12.4. The number of likely N-dealkylation sites (N-methyl/N-ethyl adjacent to an activating group) is 1. The van der Waals surface area contributed by atoms with E-state index in [9.17, 15) is 4.79 Å². The highest BCUT2D eigenvalue weighted by atomic mass is 16.1. The van der Waals surface area contributed by atoms with Gasteiger partial charge in [-0.15, -0.1) is 0 Å². The average molecular weight is 234 g/mol. The summed E-state index contributed by atoms with van der Waals surface area (Å²) in [5.74, 6) is 0. The van der Waals surface area contributed by atoms with Crippen molar-refractivity contribution in [3.63, 3.8) is 0 Å². The predicted octanol–water partition coefficient (Wildman–Crippen LogP) is 2.16. The highest BCUT2D eigenvalue weighted by Gasteiger charge is 2.28. The molecule has 0 amide bonds. The molecule has 0 spiro atoms. The predicted molar refractivity (Wildman–Crippen MR) is 69.5 cm³/mol. The topological polar surface area (TPSA) is 23.6 Å². The van der Waals surface area contributed by atoms with Gasteiger partial charge in [0.05, 0.1) is 5.70 Å². The van der Waals surface area contributed by atoms with Crippen molar-refractivity contribution < 1.29 is 4.79 Å². The van der Waals surface area contributed by atoms with Crippen LogP contribution in [0.1, 0.15) is 32.6 Å². The Labute approximate surface area is 104 Å². The lowest BCUT2D eigenvalue weighted by Gasteiger charge is -2.42. The molecule has 0 atom stereocenters. The van der Waals surface area contributed by atoms with Gasteiger partial charge in [0.1, 0.15) is 0 Å². The summed E-state index contributed by atoms with van der Waals surface area (Å²) in [5, 5.41) is 0. The van der Waals surface area contributed by atoms with Crippen LogP contribution in [0.25, 0.3) is 0 Å². The Morgan fingerprint density at radius 1 is 1.53 bits per heavy atom. The number of carbonyl (C=O) groups excluding carboxylic acids is 1. The summed E-state index contributed by atoms with van der Waals surface area (Å²) in [5.41, 5.74) is 3.21. The lowest BCUT2D eigenvalue weighted by atomic mass is 9.89. The summed E-state index contributed by atoms with van der Waals surface area (Å²) in [6.45, 7) is 8.12. The minimum Gasteiger partial charge on any atom is -0.346 e. The van der Waals surface area contributed by atoms with Crippen molar-refractivity contribution in [3.8, 4) is 0 Å². The lowest BCUT2D eigenvalue weighted by molar-refractivity contribution is -0.105. The first-order valence-corrected chi connectivity index (χ1v) is 6.44. The molecular weight excluding hydrogens is 212 g/mol. The van der Waals surface area contributed by atoms with Crippen molar-refractivity contribution in [3.05, 3.63) is 23.5 Å². The van der Waals surface area contributed by atoms with Gasteiger partial charge in [0.25, 0.3) is 0 Å². The summed E-state index contributed by atoms with van der Waals surface area (Å²) in [6.07, 6.45) is 5.97. The lowest BCUT2D eigenvalue weighted by Crippen LogP contribution is -2.44. The normalized spacial score (nSPS) is 22.2. The Bertz CT molecular complexity index is 355. The molecule has 0 bridgehead atoms. The number of hydrogen-bond donors (Lipinski definition) is 0. The van der Waals surface area contributed by atoms with Crippen LogP contribution in [0, 0.1) is 0 Å². The summed E-state index contributed by atoms with van der Waals surface area (Å²) in [4.78, 5) is 15.3. The molecule has 0 aromatic heterocycles. The molecule has 0 unspecified atom stereocenters. The van der Waals surface area contributed by atoms with Crippen molar-refractivity contribution >= 4 is 6.29 Å². The fourth-order valence-electron chi connectivity index (χ4n) is 2.71. The Kier molecular flexibility index (Phi) is 3.67. The van der Waals surface area contributed by atoms with E-state index < -0.39 is 0 Å². The van der Waals surface area contributed by atoms with Gasteiger partial charge in [0, 0.05) is 38.3 Å². The molecule has 0 aromatic rings. The van der Waals surface area contributed by atoms with Crippen LogP contribution in [-0.2, 0) is 4.79 Å². The Morgan fingerprint density at radius 3 is 2.71 bits per heavy atom. The zero-order valence-corrected chi connectivity index (χ0v) is 10.9. The summed E-state index contributed by atoms with van der Waals surface area (Å²) in [7, 11) is 1.94. The molecule has 1 aliphatic heterocycles. The van der Waals surface area contributed by atoms with Crippen LogP contribution in [0.3, 0.4) is 0 Å². The molecule has 1 fully saturated rings. The third-order valence-corrected chi connectivity index (χ3v) is 4.13. The van der Waals surface area contributed by atoms with Gasteiger partial charge in [-0.3, -0.25) is 9.69 Å². The molecular formula is C14H22N2O. The third-order valence-electron chi connectivity index (χ3n) is 4.13. The minimum absolute atomic E-state index is 0.552. The van der Waals surface area contributed by atoms with Gasteiger partial charge in [-0.1, -0.05) is 13.0 Å². The standard InChI is InChI=1S/C14H22N2O/c1-11-9-16(13-5-4-6-13)8-7-14(11)15(3)12(2)10-17/h10,13H,2,4-9H2,1,3H3. The maximum Gasteiger partial charge on any atom is 0.165 e. The molecule has 0 aromatic carbocycles. The number of allylic oxidation sites excluding steroid dienone is 1. The summed E-state index contributed by atoms with van der Waals surface area (Å²) in [6, 6.07) is 0.811. The van der Waals surface area contributed by atoms with Gasteiger partial charge in [-0.2, -0.15) is 0 Å². The summed E-state index contributed by atoms with van der Waals surface area (Å²) < 4.78 is 0. The van der Waals surface area contributed by atoms with E-state index in [2.05, 4.69) is 18.4 Å². The largest absolute Gasteiger partial charge is 0.346 e. The van der Waals surface area contributed by atoms with Crippen molar-refractivity contribution in [1.82, 2.24) is 9.80 Å². The maximum atomic E-state index is 10.7. The molecule has 3 nitrogen and oxygen atoms in total. The van der Waals surface area contributed by atoms with Gasteiger partial charge >= 0.3 is 0 Å². The molecule has 0 saturated heterocycles. The number of hydrogen-bond acceptors (Lipinski definition) is 3. The second kappa shape index (κ2) is 5.05. The SMILES string of the molecule is C=C(C=O)N(C)C1=C(C)CN(C2CCC2)CC1. The molecule has 17 heavy (non-hydrogen) atoms. The second-order valence-electron chi connectivity index (χ2n) is 5.20.